The van der Waals surface area contributed by atoms with Crippen LogP contribution in [-0.2, 0) is 0 Å². The molecular formula is C16H19N3O2S. The third-order valence-corrected chi connectivity index (χ3v) is 5.60. The van der Waals surface area contributed by atoms with Crippen LogP contribution >= 0.6 is 11.3 Å². The number of carbonyl (C=O) groups excluding carboxylic acids is 1. The highest BCUT2D eigenvalue weighted by Crippen LogP contribution is 2.41. The Hall–Kier alpha value is -1.69. The smallest absolute Gasteiger partial charge is 0.291 e. The minimum absolute atomic E-state index is 0.00756. The van der Waals surface area contributed by atoms with Gasteiger partial charge in [0.25, 0.3) is 5.91 Å². The van der Waals surface area contributed by atoms with Crippen LogP contribution < -0.4 is 0 Å². The Balaban J connectivity index is 1.42. The van der Waals surface area contributed by atoms with Crippen molar-refractivity contribution >= 4 is 17.2 Å². The Morgan fingerprint density at radius 1 is 1.23 bits per heavy atom. The van der Waals surface area contributed by atoms with Crippen molar-refractivity contribution in [1.82, 2.24) is 14.9 Å². The van der Waals surface area contributed by atoms with Crippen LogP contribution in [-0.4, -0.2) is 33.9 Å². The fourth-order valence-electron chi connectivity index (χ4n) is 3.10. The molecule has 22 heavy (non-hydrogen) atoms. The second kappa shape index (κ2) is 5.50. The lowest BCUT2D eigenvalue weighted by Gasteiger charge is -2.30. The van der Waals surface area contributed by atoms with Crippen molar-refractivity contribution in [2.75, 3.05) is 13.1 Å². The average Bonchev–Trinajstić information content (AvgIpc) is 3.10. The molecule has 0 spiro atoms. The zero-order chi connectivity index (χ0) is 15.1. The Morgan fingerprint density at radius 3 is 2.64 bits per heavy atom. The van der Waals surface area contributed by atoms with Crippen LogP contribution in [0.4, 0.5) is 0 Å². The molecule has 0 radical (unpaired) electrons. The minimum atomic E-state index is 0.00756. The number of hydrogen-bond acceptors (Lipinski definition) is 5. The summed E-state index contributed by atoms with van der Waals surface area (Å²) in [5.74, 6) is 1.40. The minimum Gasteiger partial charge on any atom is -0.438 e. The van der Waals surface area contributed by atoms with Crippen molar-refractivity contribution in [2.24, 2.45) is 0 Å². The van der Waals surface area contributed by atoms with Gasteiger partial charge < -0.3 is 9.32 Å². The van der Waals surface area contributed by atoms with Crippen LogP contribution in [0.25, 0.3) is 0 Å². The largest absolute Gasteiger partial charge is 0.438 e. The first-order chi connectivity index (χ1) is 10.7. The number of nitrogens with zero attached hydrogens (tertiary/aromatic N) is 3. The van der Waals surface area contributed by atoms with E-state index in [9.17, 15) is 4.79 Å². The Kier molecular flexibility index (Phi) is 3.48. The van der Waals surface area contributed by atoms with Gasteiger partial charge >= 0.3 is 0 Å². The zero-order valence-corrected chi connectivity index (χ0v) is 13.4. The predicted molar refractivity (Wildman–Crippen MR) is 83.2 cm³/mol. The summed E-state index contributed by atoms with van der Waals surface area (Å²) in [4.78, 5) is 24.5. The van der Waals surface area contributed by atoms with E-state index in [1.807, 2.05) is 11.1 Å². The van der Waals surface area contributed by atoms with E-state index < -0.39 is 0 Å². The summed E-state index contributed by atoms with van der Waals surface area (Å²) in [5, 5.41) is 1.21. The van der Waals surface area contributed by atoms with E-state index in [1.54, 1.807) is 11.3 Å². The van der Waals surface area contributed by atoms with Gasteiger partial charge in [-0.3, -0.25) is 4.79 Å². The van der Waals surface area contributed by atoms with Crippen LogP contribution in [0, 0.1) is 6.92 Å². The molecule has 1 amide bonds. The van der Waals surface area contributed by atoms with Crippen LogP contribution in [0.1, 0.15) is 63.7 Å². The number of likely N-dealkylation sites (tertiary alicyclic amines) is 1. The van der Waals surface area contributed by atoms with Gasteiger partial charge in [-0.15, -0.1) is 11.3 Å². The Bertz CT molecular complexity index is 681. The molecule has 116 valence electrons. The van der Waals surface area contributed by atoms with E-state index in [1.165, 1.54) is 16.3 Å². The van der Waals surface area contributed by atoms with Crippen molar-refractivity contribution in [3.8, 4) is 0 Å². The maximum Gasteiger partial charge on any atom is 0.291 e. The number of piperidine rings is 1. The maximum absolute atomic E-state index is 12.6. The molecule has 0 N–H and O–H groups in total. The van der Waals surface area contributed by atoms with Crippen molar-refractivity contribution in [1.29, 1.82) is 0 Å². The molecule has 1 saturated carbocycles. The molecule has 0 bridgehead atoms. The lowest BCUT2D eigenvalue weighted by molar-refractivity contribution is 0.0679. The Labute approximate surface area is 133 Å². The topological polar surface area (TPSA) is 59.2 Å². The van der Waals surface area contributed by atoms with Gasteiger partial charge in [-0.25, -0.2) is 9.97 Å². The first-order valence-corrected chi connectivity index (χ1v) is 8.69. The molecule has 0 atom stereocenters. The summed E-state index contributed by atoms with van der Waals surface area (Å²) in [6.07, 6.45) is 7.55. The van der Waals surface area contributed by atoms with Gasteiger partial charge in [-0.05, 0) is 32.6 Å². The molecule has 2 fully saturated rings. The van der Waals surface area contributed by atoms with Crippen molar-refractivity contribution in [3.05, 3.63) is 33.9 Å². The summed E-state index contributed by atoms with van der Waals surface area (Å²) >= 11 is 1.77. The predicted octanol–water partition coefficient (Wildman–Crippen LogP) is 3.34. The van der Waals surface area contributed by atoms with Crippen molar-refractivity contribution < 1.29 is 9.21 Å². The van der Waals surface area contributed by atoms with Crippen molar-refractivity contribution in [3.63, 3.8) is 0 Å². The standard InChI is InChI=1S/C16H19N3O2S/c1-10-8-17-15(22-10)12-4-6-19(7-5-12)16(20)14-13(11-2-3-11)18-9-21-14/h8-9,11-12H,2-7H2,1H3. The van der Waals surface area contributed by atoms with Gasteiger partial charge in [0.05, 0.1) is 10.7 Å². The number of thiazole rings is 1. The third kappa shape index (κ3) is 2.56. The first-order valence-electron chi connectivity index (χ1n) is 7.87. The molecule has 2 aliphatic rings. The highest BCUT2D eigenvalue weighted by atomic mass is 32.1. The second-order valence-electron chi connectivity index (χ2n) is 6.22. The number of oxazole rings is 1. The van der Waals surface area contributed by atoms with E-state index in [0.29, 0.717) is 17.6 Å². The van der Waals surface area contributed by atoms with Gasteiger partial charge in [-0.2, -0.15) is 0 Å². The molecule has 1 aliphatic heterocycles. The molecule has 1 aliphatic carbocycles. The molecule has 6 heteroatoms. The van der Waals surface area contributed by atoms with E-state index >= 15 is 0 Å². The number of carbonyl (C=O) groups is 1. The van der Waals surface area contributed by atoms with Gasteiger partial charge in [0.15, 0.2) is 6.39 Å². The van der Waals surface area contributed by atoms with Crippen LogP contribution in [0.3, 0.4) is 0 Å². The summed E-state index contributed by atoms with van der Waals surface area (Å²) in [6, 6.07) is 0. The van der Waals surface area contributed by atoms with Crippen LogP contribution in [0.5, 0.6) is 0 Å². The average molecular weight is 317 g/mol. The lowest BCUT2D eigenvalue weighted by atomic mass is 9.97. The van der Waals surface area contributed by atoms with Crippen molar-refractivity contribution in [2.45, 2.75) is 44.4 Å². The summed E-state index contributed by atoms with van der Waals surface area (Å²) in [5.41, 5.74) is 0.864. The number of aryl methyl sites for hydroxylation is 1. The first kappa shape index (κ1) is 13.9. The third-order valence-electron chi connectivity index (χ3n) is 4.52. The maximum atomic E-state index is 12.6. The SMILES string of the molecule is Cc1cnc(C2CCN(C(=O)c3ocnc3C3CC3)CC2)s1. The molecule has 1 saturated heterocycles. The molecule has 5 nitrogen and oxygen atoms in total. The van der Waals surface area contributed by atoms with Crippen LogP contribution in [0.2, 0.25) is 0 Å². The molecule has 2 aromatic heterocycles. The van der Waals surface area contributed by atoms with E-state index in [2.05, 4.69) is 16.9 Å². The monoisotopic (exact) mass is 317 g/mol. The van der Waals surface area contributed by atoms with E-state index in [0.717, 1.165) is 44.5 Å². The molecule has 0 unspecified atom stereocenters. The number of rotatable bonds is 3. The highest BCUT2D eigenvalue weighted by molar-refractivity contribution is 7.11. The van der Waals surface area contributed by atoms with Gasteiger partial charge in [0.1, 0.15) is 0 Å². The normalized spacial score (nSPS) is 19.6. The summed E-state index contributed by atoms with van der Waals surface area (Å²) in [7, 11) is 0. The number of hydrogen-bond donors (Lipinski definition) is 0. The molecule has 3 heterocycles. The Morgan fingerprint density at radius 2 is 2.00 bits per heavy atom. The van der Waals surface area contributed by atoms with Gasteiger partial charge in [0, 0.05) is 36.0 Å². The fourth-order valence-corrected chi connectivity index (χ4v) is 4.04. The molecule has 4 rings (SSSR count). The summed E-state index contributed by atoms with van der Waals surface area (Å²) in [6.45, 7) is 3.63. The van der Waals surface area contributed by atoms with Gasteiger partial charge in [0.2, 0.25) is 5.76 Å². The number of aromatic nitrogens is 2. The number of amides is 1. The summed E-state index contributed by atoms with van der Waals surface area (Å²) < 4.78 is 5.38. The second-order valence-corrected chi connectivity index (χ2v) is 7.48. The quantitative estimate of drug-likeness (QED) is 0.871. The zero-order valence-electron chi connectivity index (χ0n) is 12.6. The van der Waals surface area contributed by atoms with Crippen LogP contribution in [0.15, 0.2) is 17.0 Å². The fraction of sp³-hybridized carbons (Fsp3) is 0.562. The molecule has 2 aromatic rings. The van der Waals surface area contributed by atoms with E-state index in [-0.39, 0.29) is 5.91 Å². The van der Waals surface area contributed by atoms with Gasteiger partial charge in [-0.1, -0.05) is 0 Å². The molecular weight excluding hydrogens is 298 g/mol. The molecule has 0 aromatic carbocycles. The van der Waals surface area contributed by atoms with E-state index in [4.69, 9.17) is 4.42 Å². The highest BCUT2D eigenvalue weighted by Gasteiger charge is 2.35. The lowest BCUT2D eigenvalue weighted by Crippen LogP contribution is -2.38.